The van der Waals surface area contributed by atoms with Gasteiger partial charge in [0.1, 0.15) is 24.2 Å². The summed E-state index contributed by atoms with van der Waals surface area (Å²) < 4.78 is 16.6. The number of methoxy groups -OCH3 is 1. The molecule has 1 fully saturated rings. The SMILES string of the molecule is COc1ccc(-c2cncc(OC[C@@H]3CNCCO3)c2)cc1. The molecule has 0 unspecified atom stereocenters. The molecule has 0 aliphatic carbocycles. The molecule has 0 saturated carbocycles. The van der Waals surface area contributed by atoms with E-state index in [1.807, 2.05) is 36.5 Å². The molecule has 0 spiro atoms. The standard InChI is InChI=1S/C17H20N2O3/c1-20-15-4-2-13(3-5-15)14-8-16(10-19-9-14)22-12-17-11-18-6-7-21-17/h2-5,8-10,17-18H,6-7,11-12H2,1H3/t17-/m0/s1. The number of ether oxygens (including phenoxy) is 3. The van der Waals surface area contributed by atoms with E-state index in [-0.39, 0.29) is 6.10 Å². The second-order valence-corrected chi connectivity index (χ2v) is 5.15. The maximum absolute atomic E-state index is 5.80. The van der Waals surface area contributed by atoms with Crippen LogP contribution in [0.15, 0.2) is 42.7 Å². The molecule has 0 radical (unpaired) electrons. The lowest BCUT2D eigenvalue weighted by Gasteiger charge is -2.23. The predicted molar refractivity (Wildman–Crippen MR) is 84.3 cm³/mol. The summed E-state index contributed by atoms with van der Waals surface area (Å²) in [4.78, 5) is 4.25. The Morgan fingerprint density at radius 2 is 2.05 bits per heavy atom. The summed E-state index contributed by atoms with van der Waals surface area (Å²) in [7, 11) is 1.66. The molecule has 1 atom stereocenters. The number of rotatable bonds is 5. The van der Waals surface area contributed by atoms with E-state index in [0.29, 0.717) is 6.61 Å². The van der Waals surface area contributed by atoms with E-state index in [0.717, 1.165) is 42.3 Å². The maximum Gasteiger partial charge on any atom is 0.138 e. The lowest BCUT2D eigenvalue weighted by Crippen LogP contribution is -2.41. The highest BCUT2D eigenvalue weighted by Crippen LogP contribution is 2.24. The molecule has 22 heavy (non-hydrogen) atoms. The fourth-order valence-corrected chi connectivity index (χ4v) is 2.36. The second-order valence-electron chi connectivity index (χ2n) is 5.15. The van der Waals surface area contributed by atoms with Crippen molar-refractivity contribution in [2.24, 2.45) is 0 Å². The van der Waals surface area contributed by atoms with Crippen molar-refractivity contribution in [2.75, 3.05) is 33.4 Å². The van der Waals surface area contributed by atoms with Crippen LogP contribution in [0.4, 0.5) is 0 Å². The van der Waals surface area contributed by atoms with Gasteiger partial charge in [-0.05, 0) is 23.8 Å². The summed E-state index contributed by atoms with van der Waals surface area (Å²) in [6.45, 7) is 3.00. The minimum Gasteiger partial charge on any atom is -0.497 e. The fourth-order valence-electron chi connectivity index (χ4n) is 2.36. The minimum atomic E-state index is 0.0957. The molecule has 116 valence electrons. The largest absolute Gasteiger partial charge is 0.497 e. The van der Waals surface area contributed by atoms with E-state index >= 15 is 0 Å². The molecule has 2 heterocycles. The normalized spacial score (nSPS) is 18.0. The Labute approximate surface area is 130 Å². The number of benzene rings is 1. The van der Waals surface area contributed by atoms with Crippen molar-refractivity contribution in [3.8, 4) is 22.6 Å². The smallest absolute Gasteiger partial charge is 0.138 e. The Balaban J connectivity index is 1.66. The summed E-state index contributed by atoms with van der Waals surface area (Å²) in [5, 5.41) is 3.29. The maximum atomic E-state index is 5.80. The van der Waals surface area contributed by atoms with Crippen LogP contribution in [0, 0.1) is 0 Å². The topological polar surface area (TPSA) is 52.6 Å². The first-order valence-corrected chi connectivity index (χ1v) is 7.40. The van der Waals surface area contributed by atoms with Gasteiger partial charge in [-0.15, -0.1) is 0 Å². The van der Waals surface area contributed by atoms with Gasteiger partial charge in [0.2, 0.25) is 0 Å². The number of pyridine rings is 1. The Morgan fingerprint density at radius 3 is 2.77 bits per heavy atom. The van der Waals surface area contributed by atoms with Crippen LogP contribution in [0.25, 0.3) is 11.1 Å². The van der Waals surface area contributed by atoms with Crippen LogP contribution in [0.3, 0.4) is 0 Å². The third-order valence-electron chi connectivity index (χ3n) is 3.58. The first-order chi connectivity index (χ1) is 10.8. The van der Waals surface area contributed by atoms with Crippen molar-refractivity contribution in [1.29, 1.82) is 0 Å². The number of morpholine rings is 1. The molecule has 0 amide bonds. The van der Waals surface area contributed by atoms with Gasteiger partial charge >= 0.3 is 0 Å². The molecule has 1 saturated heterocycles. The van der Waals surface area contributed by atoms with Gasteiger partial charge < -0.3 is 19.5 Å². The van der Waals surface area contributed by atoms with E-state index in [1.54, 1.807) is 13.3 Å². The molecule has 5 heteroatoms. The van der Waals surface area contributed by atoms with Gasteiger partial charge in [-0.25, -0.2) is 0 Å². The summed E-state index contributed by atoms with van der Waals surface area (Å²) in [6.07, 6.45) is 3.65. The van der Waals surface area contributed by atoms with Crippen molar-refractivity contribution in [2.45, 2.75) is 6.10 Å². The van der Waals surface area contributed by atoms with Gasteiger partial charge in [-0.2, -0.15) is 0 Å². The Morgan fingerprint density at radius 1 is 1.18 bits per heavy atom. The van der Waals surface area contributed by atoms with Crippen LogP contribution in [0.2, 0.25) is 0 Å². The highest BCUT2D eigenvalue weighted by molar-refractivity contribution is 5.64. The molecule has 1 aromatic heterocycles. The van der Waals surface area contributed by atoms with Gasteiger partial charge in [0.25, 0.3) is 0 Å². The molecule has 1 N–H and O–H groups in total. The molecule has 1 aliphatic rings. The monoisotopic (exact) mass is 300 g/mol. The van der Waals surface area contributed by atoms with Crippen molar-refractivity contribution in [3.05, 3.63) is 42.7 Å². The Kier molecular flexibility index (Phi) is 4.88. The lowest BCUT2D eigenvalue weighted by molar-refractivity contribution is 0.000136. The first kappa shape index (κ1) is 14.8. The van der Waals surface area contributed by atoms with E-state index in [4.69, 9.17) is 14.2 Å². The Hall–Kier alpha value is -2.11. The molecule has 1 aliphatic heterocycles. The quantitative estimate of drug-likeness (QED) is 0.916. The zero-order valence-corrected chi connectivity index (χ0v) is 12.6. The van der Waals surface area contributed by atoms with Crippen LogP contribution in [-0.2, 0) is 4.74 Å². The van der Waals surface area contributed by atoms with Crippen molar-refractivity contribution in [1.82, 2.24) is 10.3 Å². The average Bonchev–Trinajstić information content (AvgIpc) is 2.61. The molecular weight excluding hydrogens is 280 g/mol. The van der Waals surface area contributed by atoms with Gasteiger partial charge in [-0.1, -0.05) is 12.1 Å². The molecule has 1 aromatic carbocycles. The average molecular weight is 300 g/mol. The third kappa shape index (κ3) is 3.75. The van der Waals surface area contributed by atoms with E-state index < -0.39 is 0 Å². The van der Waals surface area contributed by atoms with E-state index in [1.165, 1.54) is 0 Å². The van der Waals surface area contributed by atoms with Crippen LogP contribution < -0.4 is 14.8 Å². The summed E-state index contributed by atoms with van der Waals surface area (Å²) >= 11 is 0. The van der Waals surface area contributed by atoms with Gasteiger partial charge in [0.05, 0.1) is 19.9 Å². The number of aromatic nitrogens is 1. The Bertz CT molecular complexity index is 595. The molecule has 2 aromatic rings. The summed E-state index contributed by atoms with van der Waals surface area (Å²) in [5.41, 5.74) is 2.09. The summed E-state index contributed by atoms with van der Waals surface area (Å²) in [6, 6.07) is 9.88. The van der Waals surface area contributed by atoms with Gasteiger partial charge in [-0.3, -0.25) is 4.98 Å². The van der Waals surface area contributed by atoms with Crippen molar-refractivity contribution < 1.29 is 14.2 Å². The molecule has 3 rings (SSSR count). The highest BCUT2D eigenvalue weighted by atomic mass is 16.5. The molecule has 0 bridgehead atoms. The van der Waals surface area contributed by atoms with Crippen molar-refractivity contribution >= 4 is 0 Å². The van der Waals surface area contributed by atoms with Gasteiger partial charge in [0, 0.05) is 24.8 Å². The second kappa shape index (κ2) is 7.24. The van der Waals surface area contributed by atoms with E-state index in [9.17, 15) is 0 Å². The number of hydrogen-bond donors (Lipinski definition) is 1. The highest BCUT2D eigenvalue weighted by Gasteiger charge is 2.14. The van der Waals surface area contributed by atoms with Crippen LogP contribution in [0.1, 0.15) is 0 Å². The summed E-state index contributed by atoms with van der Waals surface area (Å²) in [5.74, 6) is 1.59. The number of nitrogens with one attached hydrogen (secondary N) is 1. The van der Waals surface area contributed by atoms with Gasteiger partial charge in [0.15, 0.2) is 0 Å². The number of hydrogen-bond acceptors (Lipinski definition) is 5. The zero-order valence-electron chi connectivity index (χ0n) is 12.6. The van der Waals surface area contributed by atoms with Crippen LogP contribution in [-0.4, -0.2) is 44.5 Å². The van der Waals surface area contributed by atoms with Crippen molar-refractivity contribution in [3.63, 3.8) is 0 Å². The first-order valence-electron chi connectivity index (χ1n) is 7.40. The van der Waals surface area contributed by atoms with E-state index in [2.05, 4.69) is 10.3 Å². The van der Waals surface area contributed by atoms with Crippen LogP contribution in [0.5, 0.6) is 11.5 Å². The predicted octanol–water partition coefficient (Wildman–Crippen LogP) is 2.12. The zero-order chi connectivity index (χ0) is 15.2. The lowest BCUT2D eigenvalue weighted by atomic mass is 10.1. The number of nitrogens with zero attached hydrogens (tertiary/aromatic N) is 1. The molecular formula is C17H20N2O3. The fraction of sp³-hybridized carbons (Fsp3) is 0.353. The molecule has 5 nitrogen and oxygen atoms in total. The van der Waals surface area contributed by atoms with Crippen LogP contribution >= 0.6 is 0 Å². The third-order valence-corrected chi connectivity index (χ3v) is 3.58. The minimum absolute atomic E-state index is 0.0957.